The van der Waals surface area contributed by atoms with E-state index in [0.29, 0.717) is 5.69 Å². The van der Waals surface area contributed by atoms with Crippen molar-refractivity contribution < 1.29 is 14.8 Å². The molecule has 5 N–H and O–H groups in total. The van der Waals surface area contributed by atoms with E-state index >= 15 is 0 Å². The summed E-state index contributed by atoms with van der Waals surface area (Å²) in [4.78, 5) is 29.1. The molecule has 1 unspecified atom stereocenters. The number of benzene rings is 2. The van der Waals surface area contributed by atoms with Crippen molar-refractivity contribution in [2.24, 2.45) is 0 Å². The smallest absolute Gasteiger partial charge is 0.270 e. The summed E-state index contributed by atoms with van der Waals surface area (Å²) in [5.41, 5.74) is 12.8. The molecule has 0 bridgehead atoms. The number of anilines is 2. The minimum absolute atomic E-state index is 0.0608. The molecule has 3 heterocycles. The average Bonchev–Trinajstić information content (AvgIpc) is 2.86. The number of hydrogen-bond donors (Lipinski definition) is 3. The lowest BCUT2D eigenvalue weighted by molar-refractivity contribution is -0.384. The second kappa shape index (κ2) is 8.69. The lowest BCUT2D eigenvalue weighted by Crippen LogP contribution is -2.30. The number of nitro groups is 1. The van der Waals surface area contributed by atoms with Gasteiger partial charge in [-0.2, -0.15) is 10.2 Å². The average molecular weight is 496 g/mol. The summed E-state index contributed by atoms with van der Waals surface area (Å²) < 4.78 is 7.35. The molecular weight excluding hydrogens is 476 g/mol. The number of ether oxygens (including phenoxy) is 1. The molecule has 0 spiro atoms. The number of pyridine rings is 2. The quantitative estimate of drug-likeness (QED) is 0.247. The van der Waals surface area contributed by atoms with Crippen molar-refractivity contribution in [3.8, 4) is 23.4 Å². The van der Waals surface area contributed by atoms with Crippen LogP contribution in [-0.4, -0.2) is 19.6 Å². The van der Waals surface area contributed by atoms with Gasteiger partial charge in [0, 0.05) is 23.4 Å². The number of aromatic nitrogens is 2. The van der Waals surface area contributed by atoms with Gasteiger partial charge >= 0.3 is 0 Å². The Kier molecular flexibility index (Phi) is 5.49. The molecule has 0 saturated heterocycles. The second-order valence-electron chi connectivity index (χ2n) is 8.59. The monoisotopic (exact) mass is 496 g/mol. The van der Waals surface area contributed by atoms with Crippen molar-refractivity contribution in [2.75, 3.05) is 11.5 Å². The maximum Gasteiger partial charge on any atom is 0.270 e. The Labute approximate surface area is 210 Å². The fraction of sp³-hybridized carbons (Fsp3) is 0.115. The fourth-order valence-corrected chi connectivity index (χ4v) is 4.62. The maximum atomic E-state index is 14.0. The number of non-ortho nitro benzene ring substituents is 1. The van der Waals surface area contributed by atoms with Gasteiger partial charge in [0.15, 0.2) is 0 Å². The Morgan fingerprint density at radius 1 is 1.19 bits per heavy atom. The first-order chi connectivity index (χ1) is 17.7. The molecule has 4 aromatic rings. The molecule has 2 aromatic heterocycles. The topological polar surface area (TPSA) is 183 Å². The summed E-state index contributed by atoms with van der Waals surface area (Å²) in [5.74, 6) is -1.52. The van der Waals surface area contributed by atoms with E-state index in [4.69, 9.17) is 16.2 Å². The Morgan fingerprint density at radius 3 is 2.59 bits per heavy atom. The van der Waals surface area contributed by atoms with Crippen LogP contribution >= 0.6 is 0 Å². The van der Waals surface area contributed by atoms with E-state index in [9.17, 15) is 25.3 Å². The summed E-state index contributed by atoms with van der Waals surface area (Å²) in [6.45, 7) is 1.91. The first kappa shape index (κ1) is 23.4. The molecule has 0 radical (unpaired) electrons. The number of nitrogens with zero attached hydrogens (tertiary/aromatic N) is 4. The van der Waals surface area contributed by atoms with Crippen LogP contribution < -0.4 is 21.8 Å². The number of rotatable bonds is 4. The van der Waals surface area contributed by atoms with Gasteiger partial charge in [-0.15, -0.1) is 0 Å². The van der Waals surface area contributed by atoms with E-state index in [1.165, 1.54) is 28.8 Å². The second-order valence-corrected chi connectivity index (χ2v) is 8.59. The van der Waals surface area contributed by atoms with Crippen LogP contribution in [0, 0.1) is 28.4 Å². The van der Waals surface area contributed by atoms with Gasteiger partial charge in [-0.25, -0.2) is 0 Å². The van der Waals surface area contributed by atoms with Crippen molar-refractivity contribution in [3.05, 3.63) is 109 Å². The molecule has 11 heteroatoms. The SMILES string of the molecule is Cc1cc(O)c(C2c3cc([N+](=O)[O-])ccc3Oc3nc(N)c(C#N)c(N)c32)c(=O)n1Cc1ccccc1. The van der Waals surface area contributed by atoms with Crippen LogP contribution in [0.4, 0.5) is 17.2 Å². The summed E-state index contributed by atoms with van der Waals surface area (Å²) in [5, 5.41) is 32.3. The third-order valence-electron chi connectivity index (χ3n) is 6.39. The van der Waals surface area contributed by atoms with Gasteiger partial charge in [-0.05, 0) is 24.6 Å². The van der Waals surface area contributed by atoms with Gasteiger partial charge in [0.1, 0.15) is 28.9 Å². The number of nitriles is 1. The van der Waals surface area contributed by atoms with Gasteiger partial charge in [0.2, 0.25) is 5.88 Å². The predicted molar refractivity (Wildman–Crippen MR) is 135 cm³/mol. The van der Waals surface area contributed by atoms with Crippen LogP contribution in [0.1, 0.15) is 39.4 Å². The number of nitro benzene ring substituents is 1. The zero-order valence-corrected chi connectivity index (χ0v) is 19.5. The Hall–Kier alpha value is -5.37. The summed E-state index contributed by atoms with van der Waals surface area (Å²) in [6, 6.07) is 16.5. The first-order valence-corrected chi connectivity index (χ1v) is 11.1. The molecule has 1 aliphatic rings. The molecule has 11 nitrogen and oxygen atoms in total. The van der Waals surface area contributed by atoms with E-state index in [0.717, 1.165) is 5.56 Å². The van der Waals surface area contributed by atoms with Crippen LogP contribution in [0.5, 0.6) is 17.4 Å². The van der Waals surface area contributed by atoms with Crippen molar-refractivity contribution in [2.45, 2.75) is 19.4 Å². The number of aryl methyl sites for hydroxylation is 1. The minimum atomic E-state index is -1.13. The standard InChI is InChI=1S/C26H20N6O5/c1-13-9-18(33)21(26(34)31(13)12-14-5-3-2-4-6-14)20-16-10-15(32(35)36)7-8-19(16)37-25-22(20)23(28)17(11-27)24(29)30-25/h2-10,20,33H,12H2,1H3,(H4,28,29,30). The van der Waals surface area contributed by atoms with Gasteiger partial charge in [-0.3, -0.25) is 14.9 Å². The van der Waals surface area contributed by atoms with Crippen LogP contribution in [-0.2, 0) is 6.54 Å². The molecule has 1 atom stereocenters. The molecule has 0 fully saturated rings. The molecule has 184 valence electrons. The number of nitrogens with two attached hydrogens (primary N) is 2. The van der Waals surface area contributed by atoms with Crippen LogP contribution in [0.25, 0.3) is 0 Å². The van der Waals surface area contributed by atoms with E-state index in [2.05, 4.69) is 4.98 Å². The van der Waals surface area contributed by atoms with Gasteiger partial charge in [0.25, 0.3) is 11.2 Å². The third kappa shape index (κ3) is 3.77. The fourth-order valence-electron chi connectivity index (χ4n) is 4.62. The Bertz CT molecular complexity index is 1690. The lowest BCUT2D eigenvalue weighted by atomic mass is 9.81. The number of fused-ring (bicyclic) bond motifs is 2. The highest BCUT2D eigenvalue weighted by atomic mass is 16.6. The summed E-state index contributed by atoms with van der Waals surface area (Å²) >= 11 is 0. The highest BCUT2D eigenvalue weighted by Crippen LogP contribution is 2.51. The normalized spacial score (nSPS) is 13.7. The molecule has 0 amide bonds. The van der Waals surface area contributed by atoms with Crippen LogP contribution in [0.2, 0.25) is 0 Å². The van der Waals surface area contributed by atoms with E-state index in [1.807, 2.05) is 36.4 Å². The van der Waals surface area contributed by atoms with E-state index in [1.54, 1.807) is 6.92 Å². The molecule has 1 aliphatic heterocycles. The molecule has 5 rings (SSSR count). The van der Waals surface area contributed by atoms with Crippen LogP contribution in [0.3, 0.4) is 0 Å². The minimum Gasteiger partial charge on any atom is -0.507 e. The molecular formula is C26H20N6O5. The van der Waals surface area contributed by atoms with Gasteiger partial charge in [-0.1, -0.05) is 30.3 Å². The molecule has 0 aliphatic carbocycles. The third-order valence-corrected chi connectivity index (χ3v) is 6.39. The number of nitrogen functional groups attached to an aromatic ring is 2. The van der Waals surface area contributed by atoms with E-state index < -0.39 is 16.4 Å². The van der Waals surface area contributed by atoms with E-state index in [-0.39, 0.29) is 63.4 Å². The van der Waals surface area contributed by atoms with Crippen molar-refractivity contribution >= 4 is 17.2 Å². The van der Waals surface area contributed by atoms with Crippen LogP contribution in [0.15, 0.2) is 59.4 Å². The summed E-state index contributed by atoms with van der Waals surface area (Å²) in [6.07, 6.45) is 0. The van der Waals surface area contributed by atoms with Gasteiger partial charge < -0.3 is 25.9 Å². The lowest BCUT2D eigenvalue weighted by Gasteiger charge is -2.30. The van der Waals surface area contributed by atoms with Crippen molar-refractivity contribution in [1.29, 1.82) is 5.26 Å². The largest absolute Gasteiger partial charge is 0.507 e. The molecule has 0 saturated carbocycles. The summed E-state index contributed by atoms with van der Waals surface area (Å²) in [7, 11) is 0. The maximum absolute atomic E-state index is 14.0. The number of hydrogen-bond acceptors (Lipinski definition) is 9. The highest BCUT2D eigenvalue weighted by Gasteiger charge is 2.38. The number of aromatic hydroxyl groups is 1. The molecule has 37 heavy (non-hydrogen) atoms. The molecule has 2 aromatic carbocycles. The zero-order valence-electron chi connectivity index (χ0n) is 19.5. The zero-order chi connectivity index (χ0) is 26.4. The van der Waals surface area contributed by atoms with Gasteiger partial charge in [0.05, 0.1) is 34.2 Å². The predicted octanol–water partition coefficient (Wildman–Crippen LogP) is 3.54. The first-order valence-electron chi connectivity index (χ1n) is 11.1. The highest BCUT2D eigenvalue weighted by molar-refractivity contribution is 5.76. The van der Waals surface area contributed by atoms with Crippen molar-refractivity contribution in [3.63, 3.8) is 0 Å². The Morgan fingerprint density at radius 2 is 1.92 bits per heavy atom. The Balaban J connectivity index is 1.84. The van der Waals surface area contributed by atoms with Crippen molar-refractivity contribution in [1.82, 2.24) is 9.55 Å².